The Bertz CT molecular complexity index is 1420. The summed E-state index contributed by atoms with van der Waals surface area (Å²) in [6, 6.07) is 15.0. The van der Waals surface area contributed by atoms with Crippen molar-refractivity contribution < 1.29 is 19.1 Å². The molecule has 6 nitrogen and oxygen atoms in total. The molecule has 4 rings (SSSR count). The zero-order chi connectivity index (χ0) is 22.8. The van der Waals surface area contributed by atoms with Crippen molar-refractivity contribution in [2.75, 3.05) is 13.7 Å². The number of hydrogen-bond acceptors (Lipinski definition) is 6. The predicted molar refractivity (Wildman–Crippen MR) is 124 cm³/mol. The van der Waals surface area contributed by atoms with Crippen LogP contribution in [-0.2, 0) is 4.74 Å². The highest BCUT2D eigenvalue weighted by Crippen LogP contribution is 2.22. The number of carbonyl (C=O) groups is 2. The summed E-state index contributed by atoms with van der Waals surface area (Å²) in [5.74, 6) is -0.278. The van der Waals surface area contributed by atoms with E-state index in [1.165, 1.54) is 10.5 Å². The van der Waals surface area contributed by atoms with Crippen LogP contribution in [0.25, 0.3) is 10.9 Å². The lowest BCUT2D eigenvalue weighted by Crippen LogP contribution is -2.25. The molecule has 0 aliphatic heterocycles. The predicted octanol–water partition coefficient (Wildman–Crippen LogP) is 3.98. The summed E-state index contributed by atoms with van der Waals surface area (Å²) >= 11 is 7.06. The van der Waals surface area contributed by atoms with E-state index < -0.39 is 11.8 Å². The van der Waals surface area contributed by atoms with Crippen molar-refractivity contribution in [1.29, 1.82) is 0 Å². The van der Waals surface area contributed by atoms with Crippen molar-refractivity contribution in [3.05, 3.63) is 96.9 Å². The van der Waals surface area contributed by atoms with Crippen LogP contribution in [0.1, 0.15) is 38.9 Å². The third kappa shape index (κ3) is 4.04. The van der Waals surface area contributed by atoms with Gasteiger partial charge in [0.05, 0.1) is 29.5 Å². The molecule has 0 amide bonds. The Kier molecular flexibility index (Phi) is 6.12. The van der Waals surface area contributed by atoms with E-state index in [0.717, 1.165) is 16.9 Å². The molecule has 32 heavy (non-hydrogen) atoms. The highest BCUT2D eigenvalue weighted by atomic mass is 35.5. The van der Waals surface area contributed by atoms with Crippen molar-refractivity contribution in [2.45, 2.75) is 6.92 Å². The molecule has 0 bridgehead atoms. The van der Waals surface area contributed by atoms with E-state index in [1.807, 2.05) is 12.1 Å². The minimum Gasteiger partial charge on any atom is -0.497 e. The Morgan fingerprint density at radius 1 is 1.09 bits per heavy atom. The van der Waals surface area contributed by atoms with Crippen LogP contribution in [0.15, 0.2) is 59.4 Å². The van der Waals surface area contributed by atoms with Gasteiger partial charge in [-0.2, -0.15) is 0 Å². The van der Waals surface area contributed by atoms with E-state index in [1.54, 1.807) is 56.5 Å². The average Bonchev–Trinajstić information content (AvgIpc) is 3.32. The number of ether oxygens (including phenoxy) is 2. The van der Waals surface area contributed by atoms with Crippen LogP contribution >= 0.6 is 22.9 Å². The summed E-state index contributed by atoms with van der Waals surface area (Å²) in [6.07, 6.45) is 1.71. The number of methoxy groups -OCH3 is 1. The molecule has 0 spiro atoms. The minimum absolute atomic E-state index is 0.0982. The number of halogens is 1. The number of hydrogen-bond donors (Lipinski definition) is 0. The SMILES string of the molecule is CCOC(=O)c1cc(C(=O)c2ccc(Cl)cc2)n2c(=O)c(=Cc3ccc(OC)cc3)sc12. The Morgan fingerprint density at radius 2 is 1.78 bits per heavy atom. The number of rotatable bonds is 6. The molecule has 162 valence electrons. The molecular weight excluding hydrogens is 450 g/mol. The Labute approximate surface area is 192 Å². The fraction of sp³-hybridized carbons (Fsp3) is 0.125. The van der Waals surface area contributed by atoms with E-state index in [4.69, 9.17) is 21.1 Å². The standard InChI is InChI=1S/C24H18ClNO5S/c1-3-31-24(29)18-13-19(21(27)15-6-8-16(25)9-7-15)26-22(28)20(32-23(18)26)12-14-4-10-17(30-2)11-5-14/h4-13H,3H2,1-2H3. The number of esters is 1. The molecular formula is C24H18ClNO5S. The first-order valence-electron chi connectivity index (χ1n) is 9.74. The number of ketones is 1. The third-order valence-electron chi connectivity index (χ3n) is 4.82. The van der Waals surface area contributed by atoms with Gasteiger partial charge in [0.2, 0.25) is 5.78 Å². The van der Waals surface area contributed by atoms with Crippen LogP contribution in [0.2, 0.25) is 5.02 Å². The topological polar surface area (TPSA) is 74.1 Å². The smallest absolute Gasteiger partial charge is 0.341 e. The van der Waals surface area contributed by atoms with Gasteiger partial charge in [0.1, 0.15) is 10.6 Å². The van der Waals surface area contributed by atoms with Crippen LogP contribution in [0.5, 0.6) is 5.75 Å². The summed E-state index contributed by atoms with van der Waals surface area (Å²) in [5.41, 5.74) is 1.04. The van der Waals surface area contributed by atoms with E-state index in [-0.39, 0.29) is 23.4 Å². The van der Waals surface area contributed by atoms with Crippen LogP contribution in [0, 0.1) is 0 Å². The molecule has 2 aromatic carbocycles. The monoisotopic (exact) mass is 467 g/mol. The first-order valence-corrected chi connectivity index (χ1v) is 10.9. The molecule has 0 fully saturated rings. The lowest BCUT2D eigenvalue weighted by molar-refractivity contribution is 0.0529. The van der Waals surface area contributed by atoms with Crippen molar-refractivity contribution in [3.8, 4) is 5.75 Å². The summed E-state index contributed by atoms with van der Waals surface area (Å²) in [7, 11) is 1.58. The Morgan fingerprint density at radius 3 is 2.41 bits per heavy atom. The first kappa shape index (κ1) is 21.8. The van der Waals surface area contributed by atoms with Crippen LogP contribution < -0.4 is 14.8 Å². The van der Waals surface area contributed by atoms with Gasteiger partial charge in [-0.15, -0.1) is 11.3 Å². The molecule has 2 heterocycles. The second kappa shape index (κ2) is 8.98. The molecule has 0 saturated heterocycles. The van der Waals surface area contributed by atoms with E-state index in [0.29, 0.717) is 25.7 Å². The molecule has 0 atom stereocenters. The molecule has 0 saturated carbocycles. The molecule has 0 aliphatic carbocycles. The van der Waals surface area contributed by atoms with Crippen LogP contribution in [-0.4, -0.2) is 29.9 Å². The molecule has 4 aromatic rings. The summed E-state index contributed by atoms with van der Waals surface area (Å²) < 4.78 is 12.0. The van der Waals surface area contributed by atoms with Gasteiger partial charge in [-0.1, -0.05) is 23.7 Å². The lowest BCUT2D eigenvalue weighted by atomic mass is 10.1. The molecule has 0 radical (unpaired) electrons. The molecule has 0 unspecified atom stereocenters. The lowest BCUT2D eigenvalue weighted by Gasteiger charge is -2.00. The van der Waals surface area contributed by atoms with Crippen molar-refractivity contribution in [2.24, 2.45) is 0 Å². The summed E-state index contributed by atoms with van der Waals surface area (Å²) in [5, 5.41) is 0.491. The van der Waals surface area contributed by atoms with Crippen LogP contribution in [0.4, 0.5) is 0 Å². The van der Waals surface area contributed by atoms with Gasteiger partial charge < -0.3 is 9.47 Å². The number of carbonyl (C=O) groups excluding carboxylic acids is 2. The largest absolute Gasteiger partial charge is 0.497 e. The van der Waals surface area contributed by atoms with E-state index >= 15 is 0 Å². The second-order valence-corrected chi connectivity index (χ2v) is 8.30. The Balaban J connectivity index is 1.91. The van der Waals surface area contributed by atoms with Gasteiger partial charge in [0, 0.05) is 10.6 Å². The molecule has 0 N–H and O–H groups in total. The van der Waals surface area contributed by atoms with E-state index in [9.17, 15) is 14.4 Å². The fourth-order valence-corrected chi connectivity index (χ4v) is 4.50. The highest BCUT2D eigenvalue weighted by Gasteiger charge is 2.25. The van der Waals surface area contributed by atoms with Crippen molar-refractivity contribution >= 4 is 45.6 Å². The zero-order valence-corrected chi connectivity index (χ0v) is 18.8. The molecule has 0 aliphatic rings. The number of thiazole rings is 1. The Hall–Kier alpha value is -3.42. The quantitative estimate of drug-likeness (QED) is 0.317. The van der Waals surface area contributed by atoms with Gasteiger partial charge in [0.15, 0.2) is 0 Å². The number of benzene rings is 2. The van der Waals surface area contributed by atoms with Crippen molar-refractivity contribution in [3.63, 3.8) is 0 Å². The van der Waals surface area contributed by atoms with Gasteiger partial charge in [-0.25, -0.2) is 4.79 Å². The highest BCUT2D eigenvalue weighted by molar-refractivity contribution is 7.15. The van der Waals surface area contributed by atoms with Crippen LogP contribution in [0.3, 0.4) is 0 Å². The first-order chi connectivity index (χ1) is 15.4. The van der Waals surface area contributed by atoms with Gasteiger partial charge in [-0.05, 0) is 61.0 Å². The number of aromatic nitrogens is 1. The normalized spacial score (nSPS) is 11.7. The number of fused-ring (bicyclic) bond motifs is 1. The van der Waals surface area contributed by atoms with Gasteiger partial charge in [0.25, 0.3) is 5.56 Å². The van der Waals surface area contributed by atoms with Gasteiger partial charge in [-0.3, -0.25) is 14.0 Å². The average molecular weight is 468 g/mol. The summed E-state index contributed by atoms with van der Waals surface area (Å²) in [6.45, 7) is 1.87. The molecule has 8 heteroatoms. The maximum absolute atomic E-state index is 13.3. The number of nitrogens with zero attached hydrogens (tertiary/aromatic N) is 1. The minimum atomic E-state index is -0.586. The zero-order valence-electron chi connectivity index (χ0n) is 17.3. The van der Waals surface area contributed by atoms with E-state index in [2.05, 4.69) is 0 Å². The van der Waals surface area contributed by atoms with Gasteiger partial charge >= 0.3 is 5.97 Å². The second-order valence-electron chi connectivity index (χ2n) is 6.83. The van der Waals surface area contributed by atoms with Crippen molar-refractivity contribution in [1.82, 2.24) is 4.40 Å². The third-order valence-corrected chi connectivity index (χ3v) is 6.18. The molecule has 2 aromatic heterocycles. The maximum Gasteiger partial charge on any atom is 0.341 e. The summed E-state index contributed by atoms with van der Waals surface area (Å²) in [4.78, 5) is 39.3. The fourth-order valence-electron chi connectivity index (χ4n) is 3.27. The maximum atomic E-state index is 13.3.